The van der Waals surface area contributed by atoms with Gasteiger partial charge in [-0.1, -0.05) is 30.3 Å². The predicted molar refractivity (Wildman–Crippen MR) is 81.9 cm³/mol. The molecule has 0 saturated carbocycles. The molecule has 22 heavy (non-hydrogen) atoms. The van der Waals surface area contributed by atoms with Gasteiger partial charge in [-0.3, -0.25) is 4.79 Å². The minimum Gasteiger partial charge on any atom is -0.354 e. The molecule has 3 rings (SSSR count). The fourth-order valence-corrected chi connectivity index (χ4v) is 2.57. The number of carbonyl (C=O) groups excluding carboxylic acids is 1. The lowest BCUT2D eigenvalue weighted by Gasteiger charge is -2.08. The van der Waals surface area contributed by atoms with Crippen LogP contribution < -0.4 is 10.6 Å². The standard InChI is InChI=1S/C15H20N6O/c22-14(17-9-7-12-6-8-16-10-12)11-21-19-15(18-20-21)13-4-2-1-3-5-13/h1-5,12,16H,6-11H2,(H,17,22). The summed E-state index contributed by atoms with van der Waals surface area (Å²) in [6.07, 6.45) is 2.21. The Kier molecular flexibility index (Phi) is 4.75. The highest BCUT2D eigenvalue weighted by molar-refractivity contribution is 5.75. The summed E-state index contributed by atoms with van der Waals surface area (Å²) in [7, 11) is 0. The van der Waals surface area contributed by atoms with Crippen molar-refractivity contribution in [2.45, 2.75) is 19.4 Å². The van der Waals surface area contributed by atoms with Gasteiger partial charge in [-0.15, -0.1) is 10.2 Å². The van der Waals surface area contributed by atoms with Crippen LogP contribution in [0, 0.1) is 5.92 Å². The lowest BCUT2D eigenvalue weighted by atomic mass is 10.1. The van der Waals surface area contributed by atoms with E-state index in [0.29, 0.717) is 18.3 Å². The van der Waals surface area contributed by atoms with Crippen molar-refractivity contribution in [3.05, 3.63) is 30.3 Å². The van der Waals surface area contributed by atoms with Gasteiger partial charge in [0.15, 0.2) is 0 Å². The summed E-state index contributed by atoms with van der Waals surface area (Å²) in [6, 6.07) is 9.59. The smallest absolute Gasteiger partial charge is 0.243 e. The quantitative estimate of drug-likeness (QED) is 0.809. The monoisotopic (exact) mass is 300 g/mol. The van der Waals surface area contributed by atoms with Crippen LogP contribution in [0.25, 0.3) is 11.4 Å². The number of carbonyl (C=O) groups is 1. The number of tetrazole rings is 1. The molecule has 0 aliphatic carbocycles. The van der Waals surface area contributed by atoms with Crippen molar-refractivity contribution in [1.82, 2.24) is 30.8 Å². The molecule has 1 saturated heterocycles. The van der Waals surface area contributed by atoms with Gasteiger partial charge in [-0.05, 0) is 37.1 Å². The predicted octanol–water partition coefficient (Wildman–Crippen LogP) is 0.456. The average molecular weight is 300 g/mol. The zero-order valence-electron chi connectivity index (χ0n) is 12.4. The Balaban J connectivity index is 1.46. The van der Waals surface area contributed by atoms with Crippen LogP contribution in [0.4, 0.5) is 0 Å². The Morgan fingerprint density at radius 3 is 3.00 bits per heavy atom. The fourth-order valence-electron chi connectivity index (χ4n) is 2.57. The van der Waals surface area contributed by atoms with E-state index in [1.165, 1.54) is 11.2 Å². The molecule has 7 heteroatoms. The zero-order valence-corrected chi connectivity index (χ0v) is 12.4. The number of nitrogens with zero attached hydrogens (tertiary/aromatic N) is 4. The first-order valence-electron chi connectivity index (χ1n) is 7.62. The number of rotatable bonds is 6. The lowest BCUT2D eigenvalue weighted by molar-refractivity contribution is -0.122. The van der Waals surface area contributed by atoms with Gasteiger partial charge in [-0.25, -0.2) is 0 Å². The minimum absolute atomic E-state index is 0.0806. The summed E-state index contributed by atoms with van der Waals surface area (Å²) in [5.41, 5.74) is 0.892. The van der Waals surface area contributed by atoms with Gasteiger partial charge in [0.1, 0.15) is 6.54 Å². The van der Waals surface area contributed by atoms with Gasteiger partial charge in [-0.2, -0.15) is 4.80 Å². The summed E-state index contributed by atoms with van der Waals surface area (Å²) in [4.78, 5) is 13.2. The molecule has 7 nitrogen and oxygen atoms in total. The van der Waals surface area contributed by atoms with Crippen molar-refractivity contribution < 1.29 is 4.79 Å². The van der Waals surface area contributed by atoms with Crippen LogP contribution in [-0.2, 0) is 11.3 Å². The van der Waals surface area contributed by atoms with E-state index in [2.05, 4.69) is 26.0 Å². The Morgan fingerprint density at radius 2 is 2.23 bits per heavy atom. The number of benzene rings is 1. The molecule has 1 aliphatic rings. The molecular formula is C15H20N6O. The molecule has 1 aromatic carbocycles. The van der Waals surface area contributed by atoms with Gasteiger partial charge in [0.05, 0.1) is 0 Å². The summed E-state index contributed by atoms with van der Waals surface area (Å²) in [6.45, 7) is 2.94. The topological polar surface area (TPSA) is 84.7 Å². The number of nitrogens with one attached hydrogen (secondary N) is 2. The lowest BCUT2D eigenvalue weighted by Crippen LogP contribution is -2.30. The average Bonchev–Trinajstić information content (AvgIpc) is 3.20. The molecule has 0 radical (unpaired) electrons. The number of hydrogen-bond acceptors (Lipinski definition) is 5. The van der Waals surface area contributed by atoms with Crippen molar-refractivity contribution in [2.24, 2.45) is 5.92 Å². The second-order valence-electron chi connectivity index (χ2n) is 5.51. The van der Waals surface area contributed by atoms with E-state index < -0.39 is 0 Å². The van der Waals surface area contributed by atoms with Crippen LogP contribution in [0.5, 0.6) is 0 Å². The minimum atomic E-state index is -0.0806. The molecule has 1 amide bonds. The van der Waals surface area contributed by atoms with Crippen molar-refractivity contribution in [3.63, 3.8) is 0 Å². The third-order valence-corrected chi connectivity index (χ3v) is 3.81. The molecule has 2 heterocycles. The van der Waals surface area contributed by atoms with E-state index in [1.807, 2.05) is 30.3 Å². The second-order valence-corrected chi connectivity index (χ2v) is 5.51. The summed E-state index contributed by atoms with van der Waals surface area (Å²) in [5, 5.41) is 18.4. The Hall–Kier alpha value is -2.28. The molecule has 1 atom stereocenters. The van der Waals surface area contributed by atoms with Gasteiger partial charge in [0.25, 0.3) is 0 Å². The van der Waals surface area contributed by atoms with E-state index in [9.17, 15) is 4.79 Å². The van der Waals surface area contributed by atoms with Crippen LogP contribution in [0.3, 0.4) is 0 Å². The molecule has 1 aliphatic heterocycles. The SMILES string of the molecule is O=C(Cn1nnc(-c2ccccc2)n1)NCCC1CCNC1. The highest BCUT2D eigenvalue weighted by atomic mass is 16.2. The summed E-state index contributed by atoms with van der Waals surface area (Å²) < 4.78 is 0. The van der Waals surface area contributed by atoms with Crippen molar-refractivity contribution >= 4 is 5.91 Å². The fraction of sp³-hybridized carbons (Fsp3) is 0.467. The maximum absolute atomic E-state index is 11.9. The Labute approximate surface area is 129 Å². The van der Waals surface area contributed by atoms with E-state index in [-0.39, 0.29) is 12.5 Å². The Morgan fingerprint density at radius 1 is 1.36 bits per heavy atom. The molecule has 2 aromatic rings. The highest BCUT2D eigenvalue weighted by Crippen LogP contribution is 2.12. The summed E-state index contributed by atoms with van der Waals surface area (Å²) in [5.74, 6) is 1.13. The molecule has 1 fully saturated rings. The third kappa shape index (κ3) is 3.88. The van der Waals surface area contributed by atoms with Crippen LogP contribution in [0.2, 0.25) is 0 Å². The van der Waals surface area contributed by atoms with E-state index in [0.717, 1.165) is 25.1 Å². The number of amides is 1. The van der Waals surface area contributed by atoms with E-state index in [4.69, 9.17) is 0 Å². The molecule has 1 aromatic heterocycles. The van der Waals surface area contributed by atoms with E-state index in [1.54, 1.807) is 0 Å². The van der Waals surface area contributed by atoms with Crippen LogP contribution >= 0.6 is 0 Å². The van der Waals surface area contributed by atoms with Crippen LogP contribution in [0.15, 0.2) is 30.3 Å². The number of aromatic nitrogens is 4. The Bertz CT molecular complexity index is 606. The highest BCUT2D eigenvalue weighted by Gasteiger charge is 2.14. The van der Waals surface area contributed by atoms with Gasteiger partial charge in [0, 0.05) is 12.1 Å². The number of hydrogen-bond donors (Lipinski definition) is 2. The van der Waals surface area contributed by atoms with Gasteiger partial charge < -0.3 is 10.6 Å². The second kappa shape index (κ2) is 7.13. The van der Waals surface area contributed by atoms with Crippen molar-refractivity contribution in [2.75, 3.05) is 19.6 Å². The van der Waals surface area contributed by atoms with E-state index >= 15 is 0 Å². The maximum atomic E-state index is 11.9. The van der Waals surface area contributed by atoms with Gasteiger partial charge >= 0.3 is 0 Å². The van der Waals surface area contributed by atoms with Crippen LogP contribution in [-0.4, -0.2) is 45.7 Å². The molecule has 0 spiro atoms. The van der Waals surface area contributed by atoms with Crippen molar-refractivity contribution in [1.29, 1.82) is 0 Å². The normalized spacial score (nSPS) is 17.5. The first-order chi connectivity index (χ1) is 10.8. The molecule has 1 unspecified atom stereocenters. The largest absolute Gasteiger partial charge is 0.354 e. The molecule has 2 N–H and O–H groups in total. The molecule has 116 valence electrons. The first kappa shape index (κ1) is 14.6. The molecular weight excluding hydrogens is 280 g/mol. The van der Waals surface area contributed by atoms with Crippen molar-refractivity contribution in [3.8, 4) is 11.4 Å². The van der Waals surface area contributed by atoms with Crippen LogP contribution in [0.1, 0.15) is 12.8 Å². The third-order valence-electron chi connectivity index (χ3n) is 3.81. The zero-order chi connectivity index (χ0) is 15.2. The first-order valence-corrected chi connectivity index (χ1v) is 7.62. The summed E-state index contributed by atoms with van der Waals surface area (Å²) >= 11 is 0. The van der Waals surface area contributed by atoms with Gasteiger partial charge in [0.2, 0.25) is 11.7 Å². The molecule has 0 bridgehead atoms. The maximum Gasteiger partial charge on any atom is 0.243 e.